The van der Waals surface area contributed by atoms with E-state index >= 15 is 0 Å². The smallest absolute Gasteiger partial charge is 0.232 e. The molecule has 1 aliphatic rings. The molecule has 1 aliphatic carbocycles. The maximum absolute atomic E-state index is 11.9. The monoisotopic (exact) mass is 308 g/mol. The average Bonchev–Trinajstić information content (AvgIpc) is 2.99. The van der Waals surface area contributed by atoms with E-state index in [4.69, 9.17) is 5.26 Å². The first kappa shape index (κ1) is 15.8. The Labute approximate surface area is 128 Å². The normalized spacial score (nSPS) is 15.6. The number of hydrogen-bond donors (Lipinski definition) is 0. The van der Waals surface area contributed by atoms with Crippen LogP contribution >= 0.6 is 11.8 Å². The van der Waals surface area contributed by atoms with Crippen LogP contribution in [0.15, 0.2) is 5.16 Å². The predicted molar refractivity (Wildman–Crippen MR) is 78.5 cm³/mol. The van der Waals surface area contributed by atoms with Crippen LogP contribution in [0.2, 0.25) is 0 Å². The highest BCUT2D eigenvalue weighted by Gasteiger charge is 2.21. The molecular formula is C13H20N6OS. The summed E-state index contributed by atoms with van der Waals surface area (Å²) < 4.78 is 1.87. The van der Waals surface area contributed by atoms with Gasteiger partial charge in [-0.25, -0.2) is 4.68 Å². The van der Waals surface area contributed by atoms with Gasteiger partial charge >= 0.3 is 0 Å². The number of carbonyl (C=O) groups is 1. The highest BCUT2D eigenvalue weighted by atomic mass is 32.2. The van der Waals surface area contributed by atoms with Gasteiger partial charge in [0.15, 0.2) is 0 Å². The van der Waals surface area contributed by atoms with Gasteiger partial charge in [-0.2, -0.15) is 5.26 Å². The molecule has 1 saturated carbocycles. The van der Waals surface area contributed by atoms with E-state index in [1.807, 2.05) is 10.8 Å². The summed E-state index contributed by atoms with van der Waals surface area (Å²) in [5.74, 6) is 0.295. The second kappa shape index (κ2) is 7.98. The Hall–Kier alpha value is -1.62. The molecule has 8 heteroatoms. The highest BCUT2D eigenvalue weighted by Crippen LogP contribution is 2.30. The number of thioether (sulfide) groups is 1. The van der Waals surface area contributed by atoms with Crippen molar-refractivity contribution in [1.29, 1.82) is 5.26 Å². The lowest BCUT2D eigenvalue weighted by atomic mass is 9.96. The van der Waals surface area contributed by atoms with Gasteiger partial charge in [0.2, 0.25) is 11.1 Å². The lowest BCUT2D eigenvalue weighted by molar-refractivity contribution is -0.127. The summed E-state index contributed by atoms with van der Waals surface area (Å²) in [5, 5.41) is 21.1. The minimum Gasteiger partial charge on any atom is -0.344 e. The van der Waals surface area contributed by atoms with Gasteiger partial charge in [0.25, 0.3) is 0 Å². The SMILES string of the molecule is CN(CCC#N)C(=O)CSc1nnnn1C1CCCCC1. The first-order chi connectivity index (χ1) is 10.2. The summed E-state index contributed by atoms with van der Waals surface area (Å²) in [6, 6.07) is 2.40. The Morgan fingerprint density at radius 2 is 2.24 bits per heavy atom. The van der Waals surface area contributed by atoms with Gasteiger partial charge in [-0.15, -0.1) is 5.10 Å². The second-order valence-corrected chi connectivity index (χ2v) is 6.15. The fraction of sp³-hybridized carbons (Fsp3) is 0.769. The number of hydrogen-bond acceptors (Lipinski definition) is 6. The lowest BCUT2D eigenvalue weighted by Gasteiger charge is -2.22. The Bertz CT molecular complexity index is 505. The Balaban J connectivity index is 1.87. The van der Waals surface area contributed by atoms with Crippen molar-refractivity contribution >= 4 is 17.7 Å². The molecule has 21 heavy (non-hydrogen) atoms. The van der Waals surface area contributed by atoms with Crippen molar-refractivity contribution in [3.8, 4) is 6.07 Å². The number of carbonyl (C=O) groups excluding carboxylic acids is 1. The van der Waals surface area contributed by atoms with Crippen molar-refractivity contribution in [2.45, 2.75) is 49.7 Å². The molecule has 2 rings (SSSR count). The van der Waals surface area contributed by atoms with E-state index < -0.39 is 0 Å². The van der Waals surface area contributed by atoms with E-state index in [0.29, 0.717) is 29.9 Å². The summed E-state index contributed by atoms with van der Waals surface area (Å²) in [6.07, 6.45) is 6.27. The van der Waals surface area contributed by atoms with Crippen LogP contribution in [0, 0.1) is 11.3 Å². The average molecular weight is 308 g/mol. The molecule has 0 aromatic carbocycles. The zero-order valence-electron chi connectivity index (χ0n) is 12.2. The van der Waals surface area contributed by atoms with Crippen molar-refractivity contribution in [3.05, 3.63) is 0 Å². The summed E-state index contributed by atoms with van der Waals surface area (Å²) >= 11 is 1.37. The quantitative estimate of drug-likeness (QED) is 0.742. The third kappa shape index (κ3) is 4.43. The fourth-order valence-corrected chi connectivity index (χ4v) is 3.30. The number of aromatic nitrogens is 4. The molecule has 0 saturated heterocycles. The van der Waals surface area contributed by atoms with Gasteiger partial charge in [0.05, 0.1) is 24.3 Å². The third-order valence-electron chi connectivity index (χ3n) is 3.69. The molecule has 0 radical (unpaired) electrons. The minimum atomic E-state index is -0.00607. The van der Waals surface area contributed by atoms with Crippen LogP contribution in [0.25, 0.3) is 0 Å². The molecule has 0 atom stereocenters. The zero-order chi connectivity index (χ0) is 15.1. The standard InChI is InChI=1S/C13H20N6OS/c1-18(9-5-8-14)12(20)10-21-13-15-16-17-19(13)11-6-3-2-4-7-11/h11H,2-7,9-10H2,1H3. The van der Waals surface area contributed by atoms with Crippen LogP contribution < -0.4 is 0 Å². The van der Waals surface area contributed by atoms with Crippen molar-refractivity contribution in [2.75, 3.05) is 19.3 Å². The third-order valence-corrected chi connectivity index (χ3v) is 4.61. The molecule has 0 N–H and O–H groups in total. The number of nitriles is 1. The first-order valence-corrected chi connectivity index (χ1v) is 8.22. The molecule has 0 bridgehead atoms. The van der Waals surface area contributed by atoms with E-state index in [9.17, 15) is 4.79 Å². The van der Waals surface area contributed by atoms with Gasteiger partial charge in [-0.05, 0) is 23.3 Å². The number of nitrogens with zero attached hydrogens (tertiary/aromatic N) is 6. The van der Waals surface area contributed by atoms with E-state index in [0.717, 1.165) is 12.8 Å². The topological polar surface area (TPSA) is 87.7 Å². The molecule has 114 valence electrons. The van der Waals surface area contributed by atoms with E-state index in [1.54, 1.807) is 11.9 Å². The number of rotatable bonds is 6. The van der Waals surface area contributed by atoms with Crippen molar-refractivity contribution in [3.63, 3.8) is 0 Å². The Morgan fingerprint density at radius 1 is 1.48 bits per heavy atom. The van der Waals surface area contributed by atoms with Crippen molar-refractivity contribution in [2.24, 2.45) is 0 Å². The summed E-state index contributed by atoms with van der Waals surface area (Å²) in [5.41, 5.74) is 0. The van der Waals surface area contributed by atoms with E-state index in [1.165, 1.54) is 31.0 Å². The molecule has 0 unspecified atom stereocenters. The largest absolute Gasteiger partial charge is 0.344 e. The maximum atomic E-state index is 11.9. The molecular weight excluding hydrogens is 288 g/mol. The van der Waals surface area contributed by atoms with Gasteiger partial charge < -0.3 is 4.90 Å². The molecule has 0 spiro atoms. The molecule has 1 fully saturated rings. The van der Waals surface area contributed by atoms with Gasteiger partial charge in [-0.1, -0.05) is 31.0 Å². The van der Waals surface area contributed by atoms with Gasteiger partial charge in [-0.3, -0.25) is 4.79 Å². The van der Waals surface area contributed by atoms with Gasteiger partial charge in [0, 0.05) is 13.6 Å². The van der Waals surface area contributed by atoms with Crippen LogP contribution in [-0.4, -0.2) is 50.4 Å². The number of amides is 1. The van der Waals surface area contributed by atoms with E-state index in [-0.39, 0.29) is 5.91 Å². The van der Waals surface area contributed by atoms with Crippen molar-refractivity contribution < 1.29 is 4.79 Å². The second-order valence-electron chi connectivity index (χ2n) is 5.21. The van der Waals surface area contributed by atoms with Crippen LogP contribution in [0.4, 0.5) is 0 Å². The van der Waals surface area contributed by atoms with Crippen LogP contribution in [0.5, 0.6) is 0 Å². The lowest BCUT2D eigenvalue weighted by Crippen LogP contribution is -2.29. The predicted octanol–water partition coefficient (Wildman–Crippen LogP) is 1.64. The molecule has 7 nitrogen and oxygen atoms in total. The van der Waals surface area contributed by atoms with E-state index in [2.05, 4.69) is 15.5 Å². The maximum Gasteiger partial charge on any atom is 0.232 e. The first-order valence-electron chi connectivity index (χ1n) is 7.24. The van der Waals surface area contributed by atoms with Crippen LogP contribution in [0.1, 0.15) is 44.6 Å². The van der Waals surface area contributed by atoms with Gasteiger partial charge in [0.1, 0.15) is 0 Å². The zero-order valence-corrected chi connectivity index (χ0v) is 13.1. The summed E-state index contributed by atoms with van der Waals surface area (Å²) in [7, 11) is 1.71. The highest BCUT2D eigenvalue weighted by molar-refractivity contribution is 7.99. The summed E-state index contributed by atoms with van der Waals surface area (Å²) in [4.78, 5) is 13.5. The molecule has 0 aliphatic heterocycles. The fourth-order valence-electron chi connectivity index (χ4n) is 2.41. The van der Waals surface area contributed by atoms with Crippen molar-refractivity contribution in [1.82, 2.24) is 25.1 Å². The molecule has 1 aromatic heterocycles. The number of tetrazole rings is 1. The molecule has 1 amide bonds. The summed E-state index contributed by atoms with van der Waals surface area (Å²) in [6.45, 7) is 0.462. The van der Waals surface area contributed by atoms with Crippen LogP contribution in [-0.2, 0) is 4.79 Å². The molecule has 1 aromatic rings. The van der Waals surface area contributed by atoms with Crippen LogP contribution in [0.3, 0.4) is 0 Å². The Morgan fingerprint density at radius 3 is 2.95 bits per heavy atom. The Kier molecular flexibility index (Phi) is 5.99. The minimum absolute atomic E-state index is 0.00607. The molecule has 1 heterocycles.